The number of hydrogen-bond acceptors (Lipinski definition) is 5. The molecule has 0 bridgehead atoms. The first kappa shape index (κ1) is 17.5. The van der Waals surface area contributed by atoms with Crippen LogP contribution in [0.25, 0.3) is 10.6 Å². The highest BCUT2D eigenvalue weighted by Crippen LogP contribution is 2.35. The summed E-state index contributed by atoms with van der Waals surface area (Å²) in [5.41, 5.74) is 0.288. The number of thiazole rings is 1. The Balaban J connectivity index is 1.55. The Morgan fingerprint density at radius 1 is 1.19 bits per heavy atom. The van der Waals surface area contributed by atoms with Crippen molar-refractivity contribution in [2.45, 2.75) is 25.6 Å². The number of ether oxygens (including phenoxy) is 2. The van der Waals surface area contributed by atoms with Crippen molar-refractivity contribution in [3.8, 4) is 10.6 Å². The van der Waals surface area contributed by atoms with Crippen molar-refractivity contribution in [1.29, 1.82) is 0 Å². The predicted octanol–water partition coefficient (Wildman–Crippen LogP) is 3.38. The lowest BCUT2D eigenvalue weighted by Gasteiger charge is -2.37. The number of likely N-dealkylation sites (tertiary alicyclic amines) is 1. The molecule has 2 fully saturated rings. The number of aryl methyl sites for hydroxylation is 1. The van der Waals surface area contributed by atoms with E-state index in [1.54, 1.807) is 11.8 Å². The minimum atomic E-state index is -0.687. The third-order valence-electron chi connectivity index (χ3n) is 4.79. The molecule has 8 heteroatoms. The quantitative estimate of drug-likeness (QED) is 0.802. The number of rotatable bonds is 2. The number of carbonyl (C=O) groups is 1. The summed E-state index contributed by atoms with van der Waals surface area (Å²) >= 11 is 1.02. The summed E-state index contributed by atoms with van der Waals surface area (Å²) in [7, 11) is 0. The van der Waals surface area contributed by atoms with Gasteiger partial charge in [0.1, 0.15) is 21.5 Å². The average molecular weight is 380 g/mol. The highest BCUT2D eigenvalue weighted by molar-refractivity contribution is 7.17. The number of benzene rings is 1. The fourth-order valence-corrected chi connectivity index (χ4v) is 4.47. The third-order valence-corrected chi connectivity index (χ3v) is 5.96. The Labute approximate surface area is 153 Å². The highest BCUT2D eigenvalue weighted by atomic mass is 32.1. The Morgan fingerprint density at radius 3 is 2.42 bits per heavy atom. The molecule has 4 rings (SSSR count). The molecule has 0 atom stereocenters. The van der Waals surface area contributed by atoms with E-state index < -0.39 is 17.4 Å². The molecule has 1 spiro atoms. The second-order valence-corrected chi connectivity index (χ2v) is 7.43. The van der Waals surface area contributed by atoms with Gasteiger partial charge in [0, 0.05) is 25.9 Å². The average Bonchev–Trinajstić information content (AvgIpc) is 3.22. The molecule has 0 aliphatic carbocycles. The van der Waals surface area contributed by atoms with E-state index in [2.05, 4.69) is 4.98 Å². The molecule has 1 amide bonds. The fraction of sp³-hybridized carbons (Fsp3) is 0.444. The second kappa shape index (κ2) is 6.68. The Morgan fingerprint density at radius 2 is 1.81 bits per heavy atom. The number of carbonyl (C=O) groups excluding carboxylic acids is 1. The topological polar surface area (TPSA) is 51.7 Å². The van der Waals surface area contributed by atoms with Gasteiger partial charge < -0.3 is 14.4 Å². The van der Waals surface area contributed by atoms with Crippen LogP contribution in [0, 0.1) is 18.6 Å². The predicted molar refractivity (Wildman–Crippen MR) is 92.0 cm³/mol. The lowest BCUT2D eigenvalue weighted by molar-refractivity contribution is -0.181. The molecule has 0 N–H and O–H groups in total. The summed E-state index contributed by atoms with van der Waals surface area (Å²) in [5.74, 6) is -2.10. The van der Waals surface area contributed by atoms with Crippen LogP contribution in [-0.2, 0) is 9.47 Å². The number of nitrogens with zero attached hydrogens (tertiary/aromatic N) is 2. The van der Waals surface area contributed by atoms with Crippen molar-refractivity contribution < 1.29 is 23.0 Å². The van der Waals surface area contributed by atoms with Crippen LogP contribution in [0.3, 0.4) is 0 Å². The summed E-state index contributed by atoms with van der Waals surface area (Å²) in [6, 6.07) is 3.67. The molecule has 0 radical (unpaired) electrons. The fourth-order valence-electron chi connectivity index (χ4n) is 3.38. The van der Waals surface area contributed by atoms with E-state index in [1.807, 2.05) is 0 Å². The largest absolute Gasteiger partial charge is 0.347 e. The Hall–Kier alpha value is -1.90. The molecule has 2 saturated heterocycles. The smallest absolute Gasteiger partial charge is 0.265 e. The van der Waals surface area contributed by atoms with Crippen molar-refractivity contribution in [1.82, 2.24) is 9.88 Å². The number of aromatic nitrogens is 1. The number of piperidine rings is 1. The van der Waals surface area contributed by atoms with Crippen LogP contribution < -0.4 is 0 Å². The lowest BCUT2D eigenvalue weighted by Crippen LogP contribution is -2.47. The van der Waals surface area contributed by atoms with Crippen molar-refractivity contribution >= 4 is 17.2 Å². The van der Waals surface area contributed by atoms with E-state index in [1.165, 1.54) is 18.2 Å². The van der Waals surface area contributed by atoms with Gasteiger partial charge in [0.25, 0.3) is 5.91 Å². The van der Waals surface area contributed by atoms with Gasteiger partial charge in [0.05, 0.1) is 24.5 Å². The molecule has 2 aliphatic heterocycles. The van der Waals surface area contributed by atoms with E-state index >= 15 is 0 Å². The molecular formula is C18H18F2N2O3S. The first-order chi connectivity index (χ1) is 12.5. The zero-order chi connectivity index (χ0) is 18.3. The van der Waals surface area contributed by atoms with Gasteiger partial charge in [0.15, 0.2) is 5.79 Å². The monoisotopic (exact) mass is 380 g/mol. The molecule has 3 heterocycles. The molecule has 138 valence electrons. The molecule has 26 heavy (non-hydrogen) atoms. The Bertz CT molecular complexity index is 819. The van der Waals surface area contributed by atoms with E-state index in [-0.39, 0.29) is 16.5 Å². The number of hydrogen-bond donors (Lipinski definition) is 0. The lowest BCUT2D eigenvalue weighted by atomic mass is 10.0. The molecule has 2 aliphatic rings. The molecule has 1 aromatic carbocycles. The summed E-state index contributed by atoms with van der Waals surface area (Å²) in [5, 5.41) is 0.178. The second-order valence-electron chi connectivity index (χ2n) is 6.43. The molecule has 1 aromatic heterocycles. The summed E-state index contributed by atoms with van der Waals surface area (Å²) in [4.78, 5) is 19.2. The van der Waals surface area contributed by atoms with Gasteiger partial charge in [-0.05, 0) is 19.1 Å². The van der Waals surface area contributed by atoms with E-state index in [4.69, 9.17) is 9.47 Å². The maximum absolute atomic E-state index is 14.0. The van der Waals surface area contributed by atoms with Crippen molar-refractivity contribution in [3.05, 3.63) is 40.4 Å². The van der Waals surface area contributed by atoms with E-state index in [9.17, 15) is 13.6 Å². The van der Waals surface area contributed by atoms with E-state index in [0.29, 0.717) is 49.7 Å². The van der Waals surface area contributed by atoms with Gasteiger partial charge in [-0.1, -0.05) is 6.07 Å². The normalized spacial score (nSPS) is 19.3. The number of halogens is 2. The summed E-state index contributed by atoms with van der Waals surface area (Å²) in [6.45, 7) is 3.87. The van der Waals surface area contributed by atoms with Crippen LogP contribution in [0.2, 0.25) is 0 Å². The van der Waals surface area contributed by atoms with Crippen molar-refractivity contribution in [2.24, 2.45) is 0 Å². The van der Waals surface area contributed by atoms with Crippen LogP contribution >= 0.6 is 11.3 Å². The van der Waals surface area contributed by atoms with Crippen LogP contribution in [-0.4, -0.2) is 47.9 Å². The first-order valence-electron chi connectivity index (χ1n) is 8.48. The van der Waals surface area contributed by atoms with Gasteiger partial charge in [-0.15, -0.1) is 11.3 Å². The maximum atomic E-state index is 14.0. The SMILES string of the molecule is Cc1nc(-c2c(F)cccc2F)sc1C(=O)N1CCC2(CC1)OCCO2. The number of amides is 1. The highest BCUT2D eigenvalue weighted by Gasteiger charge is 2.41. The zero-order valence-electron chi connectivity index (χ0n) is 14.3. The van der Waals surface area contributed by atoms with Gasteiger partial charge in [-0.3, -0.25) is 4.79 Å². The zero-order valence-corrected chi connectivity index (χ0v) is 15.1. The van der Waals surface area contributed by atoms with Gasteiger partial charge in [-0.25, -0.2) is 13.8 Å². The van der Waals surface area contributed by atoms with Gasteiger partial charge >= 0.3 is 0 Å². The van der Waals surface area contributed by atoms with Gasteiger partial charge in [0.2, 0.25) is 0 Å². The van der Waals surface area contributed by atoms with Crippen molar-refractivity contribution in [3.63, 3.8) is 0 Å². The minimum absolute atomic E-state index is 0.171. The summed E-state index contributed by atoms with van der Waals surface area (Å²) < 4.78 is 39.4. The summed E-state index contributed by atoms with van der Waals surface area (Å²) in [6.07, 6.45) is 1.23. The first-order valence-corrected chi connectivity index (χ1v) is 9.30. The van der Waals surface area contributed by atoms with Crippen LogP contribution in [0.4, 0.5) is 8.78 Å². The molecule has 5 nitrogen and oxygen atoms in total. The molecule has 0 saturated carbocycles. The molecule has 0 unspecified atom stereocenters. The van der Waals surface area contributed by atoms with Crippen LogP contribution in [0.5, 0.6) is 0 Å². The minimum Gasteiger partial charge on any atom is -0.347 e. The third kappa shape index (κ3) is 3.02. The molecular weight excluding hydrogens is 362 g/mol. The standard InChI is InChI=1S/C18H18F2N2O3S/c1-11-15(26-16(21-11)14-12(19)3-2-4-13(14)20)17(23)22-7-5-18(6-8-22)24-9-10-25-18/h2-4H,5-10H2,1H3. The molecule has 2 aromatic rings. The van der Waals surface area contributed by atoms with Gasteiger partial charge in [-0.2, -0.15) is 0 Å². The van der Waals surface area contributed by atoms with Crippen LogP contribution in [0.15, 0.2) is 18.2 Å². The van der Waals surface area contributed by atoms with Crippen molar-refractivity contribution in [2.75, 3.05) is 26.3 Å². The van der Waals surface area contributed by atoms with Crippen LogP contribution in [0.1, 0.15) is 28.2 Å². The van der Waals surface area contributed by atoms with E-state index in [0.717, 1.165) is 11.3 Å². The Kier molecular flexibility index (Phi) is 4.50. The maximum Gasteiger partial charge on any atom is 0.265 e.